The Morgan fingerprint density at radius 1 is 1.20 bits per heavy atom. The molecule has 3 nitrogen and oxygen atoms in total. The predicted molar refractivity (Wildman–Crippen MR) is 114 cm³/mol. The molecular formula is C22H17F3N2OS2. The van der Waals surface area contributed by atoms with Gasteiger partial charge in [0.25, 0.3) is 5.91 Å². The molecule has 0 atom stereocenters. The summed E-state index contributed by atoms with van der Waals surface area (Å²) in [5.74, 6) is 5.78. The molecule has 3 aromatic rings. The molecule has 1 amide bonds. The number of hydrogen-bond acceptors (Lipinski definition) is 4. The summed E-state index contributed by atoms with van der Waals surface area (Å²) in [6, 6.07) is 12.0. The van der Waals surface area contributed by atoms with Crippen LogP contribution in [0.25, 0.3) is 0 Å². The van der Waals surface area contributed by atoms with Gasteiger partial charge < -0.3 is 5.32 Å². The topological polar surface area (TPSA) is 42.0 Å². The molecule has 0 radical (unpaired) electrons. The highest BCUT2D eigenvalue weighted by Crippen LogP contribution is 2.29. The van der Waals surface area contributed by atoms with Crippen LogP contribution >= 0.6 is 23.1 Å². The van der Waals surface area contributed by atoms with Crippen molar-refractivity contribution in [2.24, 2.45) is 0 Å². The lowest BCUT2D eigenvalue weighted by Crippen LogP contribution is -2.23. The van der Waals surface area contributed by atoms with Crippen LogP contribution < -0.4 is 5.32 Å². The molecule has 1 heterocycles. The second-order valence-electron chi connectivity index (χ2n) is 6.23. The summed E-state index contributed by atoms with van der Waals surface area (Å²) in [5.41, 5.74) is 1.02. The number of nitrogens with one attached hydrogen (secondary N) is 1. The zero-order valence-electron chi connectivity index (χ0n) is 15.9. The summed E-state index contributed by atoms with van der Waals surface area (Å²) < 4.78 is 38.1. The zero-order valence-corrected chi connectivity index (χ0v) is 17.5. The number of thiazole rings is 1. The number of thioether (sulfide) groups is 1. The van der Waals surface area contributed by atoms with E-state index >= 15 is 0 Å². The second kappa shape index (κ2) is 9.83. The summed E-state index contributed by atoms with van der Waals surface area (Å²) in [6.07, 6.45) is -4.41. The average Bonchev–Trinajstić information content (AvgIpc) is 3.15. The maximum Gasteiger partial charge on any atom is 0.416 e. The highest BCUT2D eigenvalue weighted by molar-refractivity contribution is 7.98. The molecule has 0 saturated heterocycles. The summed E-state index contributed by atoms with van der Waals surface area (Å²) in [4.78, 5) is 17.6. The summed E-state index contributed by atoms with van der Waals surface area (Å²) in [6.45, 7) is 2.00. The van der Waals surface area contributed by atoms with Crippen LogP contribution in [0.4, 0.5) is 13.2 Å². The Morgan fingerprint density at radius 3 is 2.63 bits per heavy atom. The second-order valence-corrected chi connectivity index (χ2v) is 8.34. The van der Waals surface area contributed by atoms with E-state index in [9.17, 15) is 18.0 Å². The molecule has 154 valence electrons. The Morgan fingerprint density at radius 2 is 1.97 bits per heavy atom. The molecule has 0 saturated carbocycles. The minimum Gasteiger partial charge on any atom is -0.341 e. The largest absolute Gasteiger partial charge is 0.416 e. The number of halogens is 3. The van der Waals surface area contributed by atoms with Gasteiger partial charge in [-0.3, -0.25) is 4.79 Å². The van der Waals surface area contributed by atoms with Gasteiger partial charge in [-0.15, -0.1) is 23.1 Å². The molecule has 0 unspecified atom stereocenters. The Balaban J connectivity index is 1.50. The first kappa shape index (κ1) is 21.9. The quantitative estimate of drug-likeness (QED) is 0.413. The summed E-state index contributed by atoms with van der Waals surface area (Å²) >= 11 is 3.26. The predicted octanol–water partition coefficient (Wildman–Crippen LogP) is 5.54. The molecule has 0 aliphatic heterocycles. The third-order valence-corrected chi connectivity index (χ3v) is 5.80. The third-order valence-electron chi connectivity index (χ3n) is 3.93. The van der Waals surface area contributed by atoms with Crippen LogP contribution in [0.3, 0.4) is 0 Å². The Labute approximate surface area is 180 Å². The normalized spacial score (nSPS) is 10.9. The van der Waals surface area contributed by atoms with Crippen molar-refractivity contribution in [1.29, 1.82) is 0 Å². The van der Waals surface area contributed by atoms with Crippen molar-refractivity contribution in [2.75, 3.05) is 6.54 Å². The minimum absolute atomic E-state index is 0.0365. The van der Waals surface area contributed by atoms with E-state index in [1.807, 2.05) is 24.4 Å². The van der Waals surface area contributed by atoms with Crippen molar-refractivity contribution in [3.05, 3.63) is 81.3 Å². The molecule has 1 N–H and O–H groups in total. The SMILES string of the molecule is Cc1nc(CSc2ccc(C(=O)NCC#Cc3cccc(C(F)(F)F)c3)cc2)cs1. The van der Waals surface area contributed by atoms with Gasteiger partial charge in [0.05, 0.1) is 22.8 Å². The fraction of sp³-hybridized carbons (Fsp3) is 0.182. The van der Waals surface area contributed by atoms with Crippen molar-refractivity contribution in [1.82, 2.24) is 10.3 Å². The number of benzene rings is 2. The van der Waals surface area contributed by atoms with Crippen LogP contribution in [-0.4, -0.2) is 17.4 Å². The lowest BCUT2D eigenvalue weighted by Gasteiger charge is -2.06. The first-order chi connectivity index (χ1) is 14.3. The molecule has 2 aromatic carbocycles. The van der Waals surface area contributed by atoms with E-state index in [0.717, 1.165) is 33.5 Å². The molecule has 8 heteroatoms. The van der Waals surface area contributed by atoms with Crippen LogP contribution in [-0.2, 0) is 11.9 Å². The van der Waals surface area contributed by atoms with Crippen molar-refractivity contribution in [3.63, 3.8) is 0 Å². The molecule has 30 heavy (non-hydrogen) atoms. The number of hydrogen-bond donors (Lipinski definition) is 1. The van der Waals surface area contributed by atoms with Crippen molar-refractivity contribution >= 4 is 29.0 Å². The zero-order chi connectivity index (χ0) is 21.6. The molecule has 0 bridgehead atoms. The fourth-order valence-electron chi connectivity index (χ4n) is 2.48. The van der Waals surface area contributed by atoms with Gasteiger partial charge in [-0.25, -0.2) is 4.98 Å². The number of aromatic nitrogens is 1. The van der Waals surface area contributed by atoms with Crippen LogP contribution in [0.15, 0.2) is 58.8 Å². The number of carbonyl (C=O) groups is 1. The van der Waals surface area contributed by atoms with Gasteiger partial charge in [0.1, 0.15) is 0 Å². The van der Waals surface area contributed by atoms with Gasteiger partial charge in [-0.05, 0) is 49.4 Å². The van der Waals surface area contributed by atoms with Gasteiger partial charge in [-0.1, -0.05) is 17.9 Å². The fourth-order valence-corrected chi connectivity index (χ4v) is 3.99. The number of alkyl halides is 3. The monoisotopic (exact) mass is 446 g/mol. The first-order valence-corrected chi connectivity index (χ1v) is 10.8. The van der Waals surface area contributed by atoms with Crippen molar-refractivity contribution < 1.29 is 18.0 Å². The van der Waals surface area contributed by atoms with Gasteiger partial charge in [0.15, 0.2) is 0 Å². The minimum atomic E-state index is -4.41. The highest BCUT2D eigenvalue weighted by atomic mass is 32.2. The van der Waals surface area contributed by atoms with E-state index in [-0.39, 0.29) is 18.0 Å². The Kier molecular flexibility index (Phi) is 7.19. The maximum atomic E-state index is 12.7. The van der Waals surface area contributed by atoms with E-state index < -0.39 is 11.7 Å². The molecule has 0 aliphatic carbocycles. The van der Waals surface area contributed by atoms with Gasteiger partial charge in [0.2, 0.25) is 0 Å². The lowest BCUT2D eigenvalue weighted by molar-refractivity contribution is -0.137. The van der Waals surface area contributed by atoms with Gasteiger partial charge in [-0.2, -0.15) is 13.2 Å². The van der Waals surface area contributed by atoms with E-state index in [1.54, 1.807) is 35.2 Å². The number of amides is 1. The Hall–Kier alpha value is -2.76. The van der Waals surface area contributed by atoms with Crippen LogP contribution in [0.1, 0.15) is 32.2 Å². The summed E-state index contributed by atoms with van der Waals surface area (Å²) in [5, 5.41) is 5.71. The van der Waals surface area contributed by atoms with E-state index in [2.05, 4.69) is 22.1 Å². The van der Waals surface area contributed by atoms with Gasteiger partial charge in [0, 0.05) is 27.2 Å². The van der Waals surface area contributed by atoms with Crippen LogP contribution in [0.2, 0.25) is 0 Å². The maximum absolute atomic E-state index is 12.7. The van der Waals surface area contributed by atoms with Crippen molar-refractivity contribution in [3.8, 4) is 11.8 Å². The number of carbonyl (C=O) groups excluding carboxylic acids is 1. The first-order valence-electron chi connectivity index (χ1n) is 8.89. The highest BCUT2D eigenvalue weighted by Gasteiger charge is 2.30. The molecular weight excluding hydrogens is 429 g/mol. The van der Waals surface area contributed by atoms with Crippen molar-refractivity contribution in [2.45, 2.75) is 23.7 Å². The molecule has 1 aromatic heterocycles. The Bertz CT molecular complexity index is 1080. The number of aryl methyl sites for hydroxylation is 1. The molecule has 0 spiro atoms. The molecule has 0 fully saturated rings. The molecule has 3 rings (SSSR count). The van der Waals surface area contributed by atoms with E-state index in [4.69, 9.17) is 0 Å². The van der Waals surface area contributed by atoms with E-state index in [1.165, 1.54) is 12.1 Å². The summed E-state index contributed by atoms with van der Waals surface area (Å²) in [7, 11) is 0. The third kappa shape index (κ3) is 6.37. The lowest BCUT2D eigenvalue weighted by atomic mass is 10.1. The number of rotatable bonds is 5. The van der Waals surface area contributed by atoms with Crippen LogP contribution in [0.5, 0.6) is 0 Å². The smallest absolute Gasteiger partial charge is 0.341 e. The average molecular weight is 447 g/mol. The van der Waals surface area contributed by atoms with E-state index in [0.29, 0.717) is 5.56 Å². The standard InChI is InChI=1S/C22H17F3N2OS2/c1-15-27-19(13-29-15)14-30-20-9-7-17(8-10-20)21(28)26-11-3-5-16-4-2-6-18(12-16)22(23,24)25/h2,4,6-10,12-13H,11,14H2,1H3,(H,26,28). The van der Waals surface area contributed by atoms with Crippen LogP contribution in [0, 0.1) is 18.8 Å². The molecule has 0 aliphatic rings. The van der Waals surface area contributed by atoms with Gasteiger partial charge >= 0.3 is 6.18 Å². The number of nitrogens with zero attached hydrogens (tertiary/aromatic N) is 1.